The van der Waals surface area contributed by atoms with Gasteiger partial charge in [-0.3, -0.25) is 4.79 Å². The van der Waals surface area contributed by atoms with Crippen molar-refractivity contribution in [1.29, 1.82) is 0 Å². The van der Waals surface area contributed by atoms with E-state index < -0.39 is 21.4 Å². The molecule has 1 aromatic rings. The van der Waals surface area contributed by atoms with E-state index in [2.05, 4.69) is 0 Å². The monoisotopic (exact) mass is 216 g/mol. The highest BCUT2D eigenvalue weighted by atomic mass is 32.2. The summed E-state index contributed by atoms with van der Waals surface area (Å²) < 4.78 is 35.1. The van der Waals surface area contributed by atoms with Crippen LogP contribution in [0.15, 0.2) is 23.1 Å². The van der Waals surface area contributed by atoms with Gasteiger partial charge in [0.2, 0.25) is 0 Å². The molecule has 0 aliphatic heterocycles. The first-order valence-electron chi connectivity index (χ1n) is 3.83. The number of carbonyl (C=O) groups excluding carboxylic acids is 1. The predicted molar refractivity (Wildman–Crippen MR) is 49.5 cm³/mol. The van der Waals surface area contributed by atoms with Crippen LogP contribution in [0.25, 0.3) is 0 Å². The molecule has 0 aromatic heterocycles. The van der Waals surface area contributed by atoms with Gasteiger partial charge >= 0.3 is 0 Å². The maximum Gasteiger partial charge on any atom is 0.176 e. The van der Waals surface area contributed by atoms with Crippen LogP contribution in [-0.4, -0.2) is 20.5 Å². The van der Waals surface area contributed by atoms with Crippen LogP contribution in [0.2, 0.25) is 0 Å². The topological polar surface area (TPSA) is 51.2 Å². The summed E-state index contributed by atoms with van der Waals surface area (Å²) >= 11 is 0. The van der Waals surface area contributed by atoms with Gasteiger partial charge in [0.15, 0.2) is 15.6 Å². The largest absolute Gasteiger partial charge is 0.294 e. The van der Waals surface area contributed by atoms with Crippen molar-refractivity contribution in [1.82, 2.24) is 0 Å². The Kier molecular flexibility index (Phi) is 2.71. The van der Waals surface area contributed by atoms with E-state index >= 15 is 0 Å². The number of Topliss-reactive ketones (excluding diaryl/α,β-unsaturated/α-hetero) is 1. The number of hydrogen-bond acceptors (Lipinski definition) is 3. The molecule has 0 N–H and O–H groups in total. The molecular formula is C9H9FO3S. The smallest absolute Gasteiger partial charge is 0.176 e. The summed E-state index contributed by atoms with van der Waals surface area (Å²) in [5.74, 6) is -1.07. The molecule has 0 aliphatic carbocycles. The average molecular weight is 216 g/mol. The van der Waals surface area contributed by atoms with Crippen molar-refractivity contribution in [2.24, 2.45) is 0 Å². The quantitative estimate of drug-likeness (QED) is 0.703. The molecule has 0 radical (unpaired) electrons. The van der Waals surface area contributed by atoms with E-state index in [9.17, 15) is 17.6 Å². The third-order valence-electron chi connectivity index (χ3n) is 1.72. The van der Waals surface area contributed by atoms with Gasteiger partial charge in [-0.15, -0.1) is 0 Å². The van der Waals surface area contributed by atoms with Crippen LogP contribution in [0.4, 0.5) is 4.39 Å². The number of carbonyl (C=O) groups is 1. The molecule has 0 saturated heterocycles. The third-order valence-corrected chi connectivity index (χ3v) is 2.86. The minimum Gasteiger partial charge on any atom is -0.294 e. The van der Waals surface area contributed by atoms with E-state index in [1.54, 1.807) is 0 Å². The van der Waals surface area contributed by atoms with Crippen LogP contribution in [0, 0.1) is 5.82 Å². The molecule has 1 aromatic carbocycles. The fraction of sp³-hybridized carbons (Fsp3) is 0.222. The second kappa shape index (κ2) is 3.49. The molecule has 0 bridgehead atoms. The molecule has 0 amide bonds. The maximum atomic E-state index is 12.8. The predicted octanol–water partition coefficient (Wildman–Crippen LogP) is 1.43. The van der Waals surface area contributed by atoms with E-state index in [0.717, 1.165) is 18.4 Å². The lowest BCUT2D eigenvalue weighted by Crippen LogP contribution is -2.06. The lowest BCUT2D eigenvalue weighted by molar-refractivity contribution is 0.101. The minimum absolute atomic E-state index is 0.0221. The maximum absolute atomic E-state index is 12.8. The average Bonchev–Trinajstić information content (AvgIpc) is 2.01. The minimum atomic E-state index is -3.56. The molecule has 0 saturated carbocycles. The molecule has 76 valence electrons. The van der Waals surface area contributed by atoms with Gasteiger partial charge in [-0.25, -0.2) is 12.8 Å². The lowest BCUT2D eigenvalue weighted by atomic mass is 10.1. The van der Waals surface area contributed by atoms with E-state index in [1.165, 1.54) is 13.0 Å². The molecule has 0 heterocycles. The molecule has 0 spiro atoms. The van der Waals surface area contributed by atoms with Gasteiger partial charge in [-0.05, 0) is 25.1 Å². The van der Waals surface area contributed by atoms with Gasteiger partial charge < -0.3 is 0 Å². The first kappa shape index (κ1) is 10.8. The second-order valence-electron chi connectivity index (χ2n) is 2.97. The summed E-state index contributed by atoms with van der Waals surface area (Å²) in [6.07, 6.45) is 0.939. The molecule has 0 aliphatic rings. The molecule has 1 rings (SSSR count). The first-order valence-corrected chi connectivity index (χ1v) is 5.72. The van der Waals surface area contributed by atoms with Crippen LogP contribution < -0.4 is 0 Å². The third kappa shape index (κ3) is 2.17. The Morgan fingerprint density at radius 1 is 1.36 bits per heavy atom. The zero-order valence-electron chi connectivity index (χ0n) is 7.74. The molecule has 0 unspecified atom stereocenters. The van der Waals surface area contributed by atoms with Crippen molar-refractivity contribution < 1.29 is 17.6 Å². The summed E-state index contributed by atoms with van der Waals surface area (Å²) in [7, 11) is -3.56. The Bertz CT molecular complexity index is 477. The van der Waals surface area contributed by atoms with E-state index in [1.807, 2.05) is 0 Å². The Morgan fingerprint density at radius 3 is 2.36 bits per heavy atom. The zero-order valence-corrected chi connectivity index (χ0v) is 8.56. The van der Waals surface area contributed by atoms with Crippen LogP contribution in [-0.2, 0) is 9.84 Å². The van der Waals surface area contributed by atoms with E-state index in [0.29, 0.717) is 0 Å². The Hall–Kier alpha value is -1.23. The first-order chi connectivity index (χ1) is 6.32. The van der Waals surface area contributed by atoms with Crippen molar-refractivity contribution in [3.8, 4) is 0 Å². The standard InChI is InChI=1S/C9H9FO3S/c1-6(11)8-4-3-7(10)5-9(8)14(2,12)13/h3-5H,1-2H3. The van der Waals surface area contributed by atoms with Crippen molar-refractivity contribution in [3.05, 3.63) is 29.6 Å². The highest BCUT2D eigenvalue weighted by molar-refractivity contribution is 7.90. The second-order valence-corrected chi connectivity index (χ2v) is 4.95. The molecular weight excluding hydrogens is 207 g/mol. The highest BCUT2D eigenvalue weighted by Gasteiger charge is 2.16. The fourth-order valence-electron chi connectivity index (χ4n) is 1.09. The molecule has 0 fully saturated rings. The van der Waals surface area contributed by atoms with Crippen LogP contribution in [0.3, 0.4) is 0 Å². The van der Waals surface area contributed by atoms with Gasteiger partial charge in [-0.1, -0.05) is 0 Å². The van der Waals surface area contributed by atoms with E-state index in [-0.39, 0.29) is 10.5 Å². The van der Waals surface area contributed by atoms with Crippen molar-refractivity contribution in [2.45, 2.75) is 11.8 Å². The highest BCUT2D eigenvalue weighted by Crippen LogP contribution is 2.17. The number of halogens is 1. The molecule has 5 heteroatoms. The van der Waals surface area contributed by atoms with Crippen LogP contribution >= 0.6 is 0 Å². The van der Waals surface area contributed by atoms with E-state index in [4.69, 9.17) is 0 Å². The summed E-state index contributed by atoms with van der Waals surface area (Å²) in [6.45, 7) is 1.24. The zero-order chi connectivity index (χ0) is 10.9. The fourth-order valence-corrected chi connectivity index (χ4v) is 2.03. The van der Waals surface area contributed by atoms with Crippen molar-refractivity contribution >= 4 is 15.6 Å². The van der Waals surface area contributed by atoms with Crippen LogP contribution in [0.1, 0.15) is 17.3 Å². The SMILES string of the molecule is CC(=O)c1ccc(F)cc1S(C)(=O)=O. The van der Waals surface area contributed by atoms with Gasteiger partial charge in [0.25, 0.3) is 0 Å². The Labute approximate surface area is 81.5 Å². The number of benzene rings is 1. The van der Waals surface area contributed by atoms with Crippen LogP contribution in [0.5, 0.6) is 0 Å². The van der Waals surface area contributed by atoms with Gasteiger partial charge in [0, 0.05) is 11.8 Å². The normalized spacial score (nSPS) is 11.4. The lowest BCUT2D eigenvalue weighted by Gasteiger charge is -2.04. The number of rotatable bonds is 2. The molecule has 14 heavy (non-hydrogen) atoms. The Morgan fingerprint density at radius 2 is 1.93 bits per heavy atom. The number of sulfone groups is 1. The van der Waals surface area contributed by atoms with Gasteiger partial charge in [-0.2, -0.15) is 0 Å². The van der Waals surface area contributed by atoms with Gasteiger partial charge in [0.1, 0.15) is 5.82 Å². The van der Waals surface area contributed by atoms with Crippen molar-refractivity contribution in [3.63, 3.8) is 0 Å². The number of hydrogen-bond donors (Lipinski definition) is 0. The number of ketones is 1. The van der Waals surface area contributed by atoms with Gasteiger partial charge in [0.05, 0.1) is 4.90 Å². The summed E-state index contributed by atoms with van der Waals surface area (Å²) in [4.78, 5) is 10.8. The van der Waals surface area contributed by atoms with Crippen molar-refractivity contribution in [2.75, 3.05) is 6.26 Å². The summed E-state index contributed by atoms with van der Waals surface area (Å²) in [5.41, 5.74) is 0.0221. The molecule has 3 nitrogen and oxygen atoms in total. The summed E-state index contributed by atoms with van der Waals surface area (Å²) in [6, 6.07) is 3.09. The Balaban J connectivity index is 3.54. The summed E-state index contributed by atoms with van der Waals surface area (Å²) in [5, 5.41) is 0. The molecule has 0 atom stereocenters.